The Hall–Kier alpha value is -0.830. The third-order valence-corrected chi connectivity index (χ3v) is 3.96. The zero-order valence-electron chi connectivity index (χ0n) is 11.2. The first-order valence-corrected chi connectivity index (χ1v) is 7.43. The molecule has 98 valence electrons. The molecule has 18 heavy (non-hydrogen) atoms. The summed E-state index contributed by atoms with van der Waals surface area (Å²) in [5.74, 6) is 0.627. The molecule has 0 heterocycles. The van der Waals surface area contributed by atoms with Gasteiger partial charge in [-0.15, -0.1) is 0 Å². The molecular weight excluding hydrogens is 288 g/mol. The molecule has 1 fully saturated rings. The van der Waals surface area contributed by atoms with Crippen LogP contribution >= 0.6 is 15.9 Å². The maximum atomic E-state index is 4.67. The molecule has 0 aliphatic heterocycles. The van der Waals surface area contributed by atoms with Crippen molar-refractivity contribution in [2.24, 2.45) is 11.0 Å². The fourth-order valence-electron chi connectivity index (χ4n) is 2.58. The summed E-state index contributed by atoms with van der Waals surface area (Å²) in [4.78, 5) is 0. The summed E-state index contributed by atoms with van der Waals surface area (Å²) in [7, 11) is 4.02. The lowest BCUT2D eigenvalue weighted by Gasteiger charge is -2.25. The van der Waals surface area contributed by atoms with Gasteiger partial charge in [0, 0.05) is 30.2 Å². The number of rotatable bonds is 3. The van der Waals surface area contributed by atoms with Gasteiger partial charge < -0.3 is 5.01 Å². The number of nitrogens with zero attached hydrogens (tertiary/aromatic N) is 2. The summed E-state index contributed by atoms with van der Waals surface area (Å²) in [5, 5.41) is 6.61. The van der Waals surface area contributed by atoms with Crippen LogP contribution in [0.4, 0.5) is 0 Å². The SMILES string of the molecule is CN(C)N=C1CCCCC1Cc1ccc(Br)cc1. The van der Waals surface area contributed by atoms with E-state index in [1.54, 1.807) is 0 Å². The molecule has 0 saturated heterocycles. The average molecular weight is 309 g/mol. The number of halogens is 1. The van der Waals surface area contributed by atoms with Gasteiger partial charge in [0.2, 0.25) is 0 Å². The molecule has 0 aromatic heterocycles. The molecule has 2 nitrogen and oxygen atoms in total. The van der Waals surface area contributed by atoms with E-state index in [1.165, 1.54) is 37.0 Å². The Morgan fingerprint density at radius 2 is 1.94 bits per heavy atom. The molecule has 1 atom stereocenters. The van der Waals surface area contributed by atoms with Gasteiger partial charge in [-0.2, -0.15) is 5.10 Å². The maximum Gasteiger partial charge on any atom is 0.0414 e. The summed E-state index contributed by atoms with van der Waals surface area (Å²) >= 11 is 3.48. The van der Waals surface area contributed by atoms with E-state index in [2.05, 4.69) is 45.3 Å². The van der Waals surface area contributed by atoms with Crippen LogP contribution in [-0.4, -0.2) is 24.8 Å². The molecular formula is C15H21BrN2. The molecule has 0 spiro atoms. The van der Waals surface area contributed by atoms with Crippen molar-refractivity contribution in [1.29, 1.82) is 0 Å². The molecule has 1 aliphatic rings. The standard InChI is InChI=1S/C15H21BrN2/c1-18(2)17-15-6-4-3-5-13(15)11-12-7-9-14(16)10-8-12/h7-10,13H,3-6,11H2,1-2H3. The molecule has 0 amide bonds. The lowest BCUT2D eigenvalue weighted by molar-refractivity contribution is 0.417. The predicted octanol–water partition coefficient (Wildman–Crippen LogP) is 4.10. The van der Waals surface area contributed by atoms with E-state index in [4.69, 9.17) is 0 Å². The Labute approximate surface area is 118 Å². The molecule has 1 unspecified atom stereocenters. The molecule has 2 rings (SSSR count). The van der Waals surface area contributed by atoms with E-state index in [0.717, 1.165) is 10.9 Å². The Bertz CT molecular complexity index is 409. The largest absolute Gasteiger partial charge is 0.303 e. The molecule has 1 aliphatic carbocycles. The highest BCUT2D eigenvalue weighted by atomic mass is 79.9. The van der Waals surface area contributed by atoms with Crippen LogP contribution < -0.4 is 0 Å². The smallest absolute Gasteiger partial charge is 0.0414 e. The molecule has 1 saturated carbocycles. The molecule has 0 N–H and O–H groups in total. The van der Waals surface area contributed by atoms with Gasteiger partial charge in [-0.1, -0.05) is 34.5 Å². The van der Waals surface area contributed by atoms with Crippen molar-refractivity contribution in [3.05, 3.63) is 34.3 Å². The molecule has 3 heteroatoms. The second-order valence-corrected chi connectivity index (χ2v) is 6.13. The monoisotopic (exact) mass is 308 g/mol. The third kappa shape index (κ3) is 3.84. The van der Waals surface area contributed by atoms with Crippen molar-refractivity contribution < 1.29 is 0 Å². The van der Waals surface area contributed by atoms with Gasteiger partial charge >= 0.3 is 0 Å². The van der Waals surface area contributed by atoms with Crippen molar-refractivity contribution in [3.8, 4) is 0 Å². The Morgan fingerprint density at radius 3 is 2.61 bits per heavy atom. The van der Waals surface area contributed by atoms with E-state index in [0.29, 0.717) is 5.92 Å². The van der Waals surface area contributed by atoms with E-state index in [9.17, 15) is 0 Å². The fraction of sp³-hybridized carbons (Fsp3) is 0.533. The number of benzene rings is 1. The minimum atomic E-state index is 0.627. The van der Waals surface area contributed by atoms with Crippen LogP contribution in [0.25, 0.3) is 0 Å². The van der Waals surface area contributed by atoms with Gasteiger partial charge in [-0.05, 0) is 43.4 Å². The fourth-order valence-corrected chi connectivity index (χ4v) is 2.85. The number of hydrogen-bond acceptors (Lipinski definition) is 2. The summed E-state index contributed by atoms with van der Waals surface area (Å²) in [6, 6.07) is 8.68. The van der Waals surface area contributed by atoms with Gasteiger partial charge in [-0.3, -0.25) is 0 Å². The van der Waals surface area contributed by atoms with Crippen molar-refractivity contribution in [2.75, 3.05) is 14.1 Å². The highest BCUT2D eigenvalue weighted by Crippen LogP contribution is 2.26. The lowest BCUT2D eigenvalue weighted by Crippen LogP contribution is -2.24. The Morgan fingerprint density at radius 1 is 1.22 bits per heavy atom. The van der Waals surface area contributed by atoms with Gasteiger partial charge in [0.25, 0.3) is 0 Å². The van der Waals surface area contributed by atoms with E-state index in [1.807, 2.05) is 19.1 Å². The first-order chi connectivity index (χ1) is 8.65. The maximum absolute atomic E-state index is 4.67. The van der Waals surface area contributed by atoms with Crippen LogP contribution in [0.2, 0.25) is 0 Å². The second-order valence-electron chi connectivity index (χ2n) is 5.21. The van der Waals surface area contributed by atoms with E-state index >= 15 is 0 Å². The van der Waals surface area contributed by atoms with Crippen LogP contribution in [0.15, 0.2) is 33.8 Å². The van der Waals surface area contributed by atoms with Gasteiger partial charge in [-0.25, -0.2) is 0 Å². The second kappa shape index (κ2) is 6.37. The Kier molecular flexibility index (Phi) is 4.81. The van der Waals surface area contributed by atoms with Gasteiger partial charge in [0.1, 0.15) is 0 Å². The third-order valence-electron chi connectivity index (χ3n) is 3.43. The van der Waals surface area contributed by atoms with Crippen molar-refractivity contribution in [2.45, 2.75) is 32.1 Å². The molecule has 0 bridgehead atoms. The Balaban J connectivity index is 2.08. The molecule has 0 radical (unpaired) electrons. The zero-order valence-corrected chi connectivity index (χ0v) is 12.8. The highest BCUT2D eigenvalue weighted by Gasteiger charge is 2.21. The van der Waals surface area contributed by atoms with Crippen molar-refractivity contribution in [3.63, 3.8) is 0 Å². The zero-order chi connectivity index (χ0) is 13.0. The summed E-state index contributed by atoms with van der Waals surface area (Å²) in [5.41, 5.74) is 2.80. The van der Waals surface area contributed by atoms with Crippen LogP contribution in [0.3, 0.4) is 0 Å². The van der Waals surface area contributed by atoms with Crippen molar-refractivity contribution >= 4 is 21.6 Å². The van der Waals surface area contributed by atoms with Gasteiger partial charge in [0.15, 0.2) is 0 Å². The summed E-state index contributed by atoms with van der Waals surface area (Å²) in [6.45, 7) is 0. The minimum absolute atomic E-state index is 0.627. The van der Waals surface area contributed by atoms with Crippen LogP contribution in [0.5, 0.6) is 0 Å². The van der Waals surface area contributed by atoms with Crippen LogP contribution in [-0.2, 0) is 6.42 Å². The summed E-state index contributed by atoms with van der Waals surface area (Å²) < 4.78 is 1.15. The van der Waals surface area contributed by atoms with E-state index < -0.39 is 0 Å². The summed E-state index contributed by atoms with van der Waals surface area (Å²) in [6.07, 6.45) is 6.21. The van der Waals surface area contributed by atoms with Crippen LogP contribution in [0.1, 0.15) is 31.2 Å². The first-order valence-electron chi connectivity index (χ1n) is 6.64. The normalized spacial score (nSPS) is 22.2. The topological polar surface area (TPSA) is 15.6 Å². The van der Waals surface area contributed by atoms with Crippen molar-refractivity contribution in [1.82, 2.24) is 5.01 Å². The van der Waals surface area contributed by atoms with E-state index in [-0.39, 0.29) is 0 Å². The first kappa shape index (κ1) is 13.6. The number of hydrazone groups is 1. The minimum Gasteiger partial charge on any atom is -0.303 e. The average Bonchev–Trinajstić information content (AvgIpc) is 2.34. The molecule has 1 aromatic rings. The molecule has 1 aromatic carbocycles. The quantitative estimate of drug-likeness (QED) is 0.768. The predicted molar refractivity (Wildman–Crippen MR) is 80.9 cm³/mol. The lowest BCUT2D eigenvalue weighted by atomic mass is 9.83. The number of hydrogen-bond donors (Lipinski definition) is 0. The van der Waals surface area contributed by atoms with Crippen LogP contribution in [0, 0.1) is 5.92 Å². The van der Waals surface area contributed by atoms with Gasteiger partial charge in [0.05, 0.1) is 0 Å². The highest BCUT2D eigenvalue weighted by molar-refractivity contribution is 9.10.